The second kappa shape index (κ2) is 4.20. The maximum Gasteiger partial charge on any atom is 0.335 e. The standard InChI is InChI=1S/C7H13NO6/c1-13-7-2(8)3(9)4(10)5(14-7)6(11)12/h2-5,7,9-10H,8H2,1H3,(H,11,12)/t2-,3-,4+,5+,7?/m1/s1. The number of hydrogen-bond acceptors (Lipinski definition) is 6. The van der Waals surface area contributed by atoms with E-state index >= 15 is 0 Å². The number of aliphatic hydroxyl groups excluding tert-OH is 2. The zero-order valence-corrected chi connectivity index (χ0v) is 7.53. The van der Waals surface area contributed by atoms with Gasteiger partial charge >= 0.3 is 5.97 Å². The van der Waals surface area contributed by atoms with Gasteiger partial charge in [0.2, 0.25) is 0 Å². The van der Waals surface area contributed by atoms with Crippen molar-refractivity contribution in [2.75, 3.05) is 7.11 Å². The lowest BCUT2D eigenvalue weighted by Gasteiger charge is -2.38. The largest absolute Gasteiger partial charge is 0.479 e. The van der Waals surface area contributed by atoms with Crippen LogP contribution in [0.4, 0.5) is 0 Å². The van der Waals surface area contributed by atoms with Crippen LogP contribution in [0, 0.1) is 0 Å². The van der Waals surface area contributed by atoms with Crippen LogP contribution in [-0.2, 0) is 14.3 Å². The molecule has 5 N–H and O–H groups in total. The van der Waals surface area contributed by atoms with Crippen molar-refractivity contribution in [2.24, 2.45) is 5.73 Å². The molecule has 82 valence electrons. The Bertz CT molecular complexity index is 220. The van der Waals surface area contributed by atoms with Gasteiger partial charge in [0, 0.05) is 7.11 Å². The molecule has 0 saturated carbocycles. The van der Waals surface area contributed by atoms with Gasteiger partial charge in [0.15, 0.2) is 12.4 Å². The van der Waals surface area contributed by atoms with E-state index in [-0.39, 0.29) is 0 Å². The normalized spacial score (nSPS) is 43.6. The van der Waals surface area contributed by atoms with E-state index < -0.39 is 36.6 Å². The van der Waals surface area contributed by atoms with Crippen LogP contribution in [0.2, 0.25) is 0 Å². The highest BCUT2D eigenvalue weighted by Gasteiger charge is 2.46. The molecule has 0 aliphatic carbocycles. The molecule has 1 saturated heterocycles. The Balaban J connectivity index is 2.78. The molecule has 1 unspecified atom stereocenters. The van der Waals surface area contributed by atoms with Crippen LogP contribution < -0.4 is 5.73 Å². The van der Waals surface area contributed by atoms with E-state index in [9.17, 15) is 15.0 Å². The number of nitrogens with two attached hydrogens (primary N) is 1. The van der Waals surface area contributed by atoms with Crippen LogP contribution in [0.3, 0.4) is 0 Å². The molecular formula is C7H13NO6. The van der Waals surface area contributed by atoms with E-state index in [0.717, 1.165) is 0 Å². The van der Waals surface area contributed by atoms with Gasteiger partial charge in [-0.1, -0.05) is 0 Å². The summed E-state index contributed by atoms with van der Waals surface area (Å²) in [6.45, 7) is 0. The minimum atomic E-state index is -1.55. The third-order valence-electron chi connectivity index (χ3n) is 2.13. The number of carboxylic acids is 1. The number of carbonyl (C=O) groups is 1. The summed E-state index contributed by atoms with van der Waals surface area (Å²) < 4.78 is 9.56. The first kappa shape index (κ1) is 11.3. The van der Waals surface area contributed by atoms with E-state index in [2.05, 4.69) is 0 Å². The summed E-state index contributed by atoms with van der Waals surface area (Å²) in [5.74, 6) is -1.37. The van der Waals surface area contributed by atoms with Gasteiger partial charge in [0.05, 0.1) is 6.04 Å². The molecule has 7 heteroatoms. The number of rotatable bonds is 2. The summed E-state index contributed by atoms with van der Waals surface area (Å²) in [6, 6.07) is -0.967. The summed E-state index contributed by atoms with van der Waals surface area (Å²) >= 11 is 0. The average Bonchev–Trinajstić information content (AvgIpc) is 2.14. The molecular weight excluding hydrogens is 194 g/mol. The molecule has 0 aromatic heterocycles. The number of ether oxygens (including phenoxy) is 2. The van der Waals surface area contributed by atoms with Crippen molar-refractivity contribution >= 4 is 5.97 Å². The first-order valence-electron chi connectivity index (χ1n) is 4.01. The van der Waals surface area contributed by atoms with Gasteiger partial charge in [-0.2, -0.15) is 0 Å². The Kier molecular flexibility index (Phi) is 3.40. The topological polar surface area (TPSA) is 122 Å². The zero-order valence-electron chi connectivity index (χ0n) is 7.53. The maximum absolute atomic E-state index is 10.6. The smallest absolute Gasteiger partial charge is 0.335 e. The number of aliphatic hydroxyl groups is 2. The van der Waals surface area contributed by atoms with E-state index in [1.165, 1.54) is 7.11 Å². The van der Waals surface area contributed by atoms with Gasteiger partial charge in [0.1, 0.15) is 12.2 Å². The summed E-state index contributed by atoms with van der Waals surface area (Å²) in [6.07, 6.45) is -5.48. The number of methoxy groups -OCH3 is 1. The molecule has 7 nitrogen and oxygen atoms in total. The summed E-state index contributed by atoms with van der Waals surface area (Å²) in [5, 5.41) is 27.3. The van der Waals surface area contributed by atoms with Crippen molar-refractivity contribution in [3.05, 3.63) is 0 Å². The molecule has 1 fully saturated rings. The van der Waals surface area contributed by atoms with Crippen molar-refractivity contribution in [1.29, 1.82) is 0 Å². The van der Waals surface area contributed by atoms with Crippen molar-refractivity contribution in [1.82, 2.24) is 0 Å². The highest BCUT2D eigenvalue weighted by atomic mass is 16.7. The zero-order chi connectivity index (χ0) is 10.9. The SMILES string of the molecule is COC1O[C@H](C(=O)O)[C@@H](O)[C@H](O)[C@H]1N. The summed E-state index contributed by atoms with van der Waals surface area (Å²) in [7, 11) is 1.27. The first-order chi connectivity index (χ1) is 6.49. The highest BCUT2D eigenvalue weighted by Crippen LogP contribution is 2.20. The maximum atomic E-state index is 10.6. The van der Waals surface area contributed by atoms with Crippen molar-refractivity contribution in [3.63, 3.8) is 0 Å². The molecule has 14 heavy (non-hydrogen) atoms. The Hall–Kier alpha value is -0.730. The molecule has 5 atom stereocenters. The molecule has 1 heterocycles. The molecule has 1 aliphatic rings. The van der Waals surface area contributed by atoms with Gasteiger partial charge < -0.3 is 30.5 Å². The predicted octanol–water partition coefficient (Wildman–Crippen LogP) is -2.51. The van der Waals surface area contributed by atoms with Crippen LogP contribution in [0.1, 0.15) is 0 Å². The lowest BCUT2D eigenvalue weighted by molar-refractivity contribution is -0.252. The molecule has 0 aromatic rings. The van der Waals surface area contributed by atoms with Crippen LogP contribution >= 0.6 is 0 Å². The van der Waals surface area contributed by atoms with Crippen LogP contribution in [-0.4, -0.2) is 59.0 Å². The summed E-state index contributed by atoms with van der Waals surface area (Å²) in [4.78, 5) is 10.6. The monoisotopic (exact) mass is 207 g/mol. The van der Waals surface area contributed by atoms with E-state index in [1.54, 1.807) is 0 Å². The minimum Gasteiger partial charge on any atom is -0.479 e. The number of hydrogen-bond donors (Lipinski definition) is 4. The van der Waals surface area contributed by atoms with E-state index in [4.69, 9.17) is 20.3 Å². The highest BCUT2D eigenvalue weighted by molar-refractivity contribution is 5.73. The molecule has 1 rings (SSSR count). The molecule has 1 aliphatic heterocycles. The molecule has 0 aromatic carbocycles. The van der Waals surface area contributed by atoms with Gasteiger partial charge in [0.25, 0.3) is 0 Å². The lowest BCUT2D eigenvalue weighted by atomic mass is 9.97. The molecule has 0 amide bonds. The van der Waals surface area contributed by atoms with Crippen molar-refractivity contribution in [3.8, 4) is 0 Å². The second-order valence-corrected chi connectivity index (χ2v) is 3.06. The van der Waals surface area contributed by atoms with Crippen LogP contribution in [0.15, 0.2) is 0 Å². The summed E-state index contributed by atoms with van der Waals surface area (Å²) in [5.41, 5.74) is 5.43. The second-order valence-electron chi connectivity index (χ2n) is 3.06. The lowest BCUT2D eigenvalue weighted by Crippen LogP contribution is -2.63. The van der Waals surface area contributed by atoms with Gasteiger partial charge in [-0.05, 0) is 0 Å². The Morgan fingerprint density at radius 3 is 2.43 bits per heavy atom. The third-order valence-corrected chi connectivity index (χ3v) is 2.13. The van der Waals surface area contributed by atoms with Crippen molar-refractivity contribution < 1.29 is 29.6 Å². The van der Waals surface area contributed by atoms with E-state index in [1.807, 2.05) is 0 Å². The van der Waals surface area contributed by atoms with Gasteiger partial charge in [-0.25, -0.2) is 4.79 Å². The Morgan fingerprint density at radius 2 is 2.00 bits per heavy atom. The Morgan fingerprint density at radius 1 is 1.43 bits per heavy atom. The van der Waals surface area contributed by atoms with Crippen LogP contribution in [0.25, 0.3) is 0 Å². The van der Waals surface area contributed by atoms with Gasteiger partial charge in [-0.3, -0.25) is 0 Å². The van der Waals surface area contributed by atoms with Gasteiger partial charge in [-0.15, -0.1) is 0 Å². The number of carboxylic acid groups (broad SMARTS) is 1. The van der Waals surface area contributed by atoms with E-state index in [0.29, 0.717) is 0 Å². The molecule has 0 bridgehead atoms. The molecule has 0 spiro atoms. The Labute approximate surface area is 80.0 Å². The van der Waals surface area contributed by atoms with Crippen LogP contribution in [0.5, 0.6) is 0 Å². The fourth-order valence-electron chi connectivity index (χ4n) is 1.30. The predicted molar refractivity (Wildman–Crippen MR) is 43.3 cm³/mol. The number of aliphatic carboxylic acids is 1. The van der Waals surface area contributed by atoms with Crippen molar-refractivity contribution in [2.45, 2.75) is 30.6 Å². The third kappa shape index (κ3) is 1.86. The minimum absolute atomic E-state index is 0.967. The first-order valence-corrected chi connectivity index (χ1v) is 4.01. The quantitative estimate of drug-likeness (QED) is 0.394. The average molecular weight is 207 g/mol. The molecule has 0 radical (unpaired) electrons. The fourth-order valence-corrected chi connectivity index (χ4v) is 1.30. The fraction of sp³-hybridized carbons (Fsp3) is 0.857.